The number of nitrogens with two attached hydrogens (primary N) is 1. The molecule has 2 N–H and O–H groups in total. The van der Waals surface area contributed by atoms with Crippen molar-refractivity contribution in [2.75, 3.05) is 13.1 Å². The van der Waals surface area contributed by atoms with Crippen LogP contribution < -0.4 is 5.73 Å². The Balaban J connectivity index is 1.94. The Bertz CT molecular complexity index is 322. The van der Waals surface area contributed by atoms with Gasteiger partial charge in [-0.2, -0.15) is 0 Å². The van der Waals surface area contributed by atoms with Gasteiger partial charge in [-0.25, -0.2) is 8.78 Å². The van der Waals surface area contributed by atoms with Crippen LogP contribution in [-0.2, 0) is 4.79 Å². The average molecular weight is 246 g/mol. The summed E-state index contributed by atoms with van der Waals surface area (Å²) in [6.07, 6.45) is 0.186. The molecule has 17 heavy (non-hydrogen) atoms. The molecule has 5 heteroatoms. The largest absolute Gasteiger partial charge is 0.342 e. The van der Waals surface area contributed by atoms with Crippen LogP contribution in [0, 0.1) is 11.3 Å². The van der Waals surface area contributed by atoms with E-state index < -0.39 is 11.8 Å². The highest BCUT2D eigenvalue weighted by Gasteiger charge is 2.50. The second-order valence-electron chi connectivity index (χ2n) is 6.10. The van der Waals surface area contributed by atoms with Crippen molar-refractivity contribution in [3.63, 3.8) is 0 Å². The standard InChI is InChI=1S/C12H20F2N2O/c1-11(2)7-16(4-3-9(11)15)10(17)8-5-12(13,14)6-8/h8-9H,3-7,15H2,1-2H3. The second kappa shape index (κ2) is 3.90. The first kappa shape index (κ1) is 12.7. The van der Waals surface area contributed by atoms with Gasteiger partial charge in [-0.1, -0.05) is 13.8 Å². The van der Waals surface area contributed by atoms with Gasteiger partial charge in [0.1, 0.15) is 0 Å². The molecular weight excluding hydrogens is 226 g/mol. The number of piperidine rings is 1. The van der Waals surface area contributed by atoms with Crippen LogP contribution in [0.2, 0.25) is 0 Å². The lowest BCUT2D eigenvalue weighted by atomic mass is 9.77. The number of amides is 1. The number of rotatable bonds is 1. The van der Waals surface area contributed by atoms with Crippen LogP contribution >= 0.6 is 0 Å². The fourth-order valence-corrected chi connectivity index (χ4v) is 2.66. The van der Waals surface area contributed by atoms with Gasteiger partial charge in [0.15, 0.2) is 0 Å². The SMILES string of the molecule is CC1(C)CN(C(=O)C2CC(F)(F)C2)CCC1N. The van der Waals surface area contributed by atoms with E-state index in [4.69, 9.17) is 5.73 Å². The molecule has 2 fully saturated rings. The number of alkyl halides is 2. The second-order valence-corrected chi connectivity index (χ2v) is 6.10. The molecule has 0 spiro atoms. The predicted octanol–water partition coefficient (Wildman–Crippen LogP) is 1.62. The summed E-state index contributed by atoms with van der Waals surface area (Å²) in [5.41, 5.74) is 5.86. The normalized spacial score (nSPS) is 32.1. The minimum absolute atomic E-state index is 0.0781. The van der Waals surface area contributed by atoms with Gasteiger partial charge < -0.3 is 10.6 Å². The third kappa shape index (κ3) is 2.44. The third-order valence-electron chi connectivity index (χ3n) is 4.06. The smallest absolute Gasteiger partial charge is 0.249 e. The summed E-state index contributed by atoms with van der Waals surface area (Å²) >= 11 is 0. The highest BCUT2D eigenvalue weighted by atomic mass is 19.3. The zero-order valence-electron chi connectivity index (χ0n) is 10.4. The molecule has 2 rings (SSSR count). The monoisotopic (exact) mass is 246 g/mol. The molecule has 0 aromatic carbocycles. The first-order valence-corrected chi connectivity index (χ1v) is 6.13. The van der Waals surface area contributed by atoms with Crippen molar-refractivity contribution in [2.45, 2.75) is 45.1 Å². The van der Waals surface area contributed by atoms with Gasteiger partial charge in [-0.3, -0.25) is 4.79 Å². The number of halogens is 2. The van der Waals surface area contributed by atoms with Crippen LogP contribution in [-0.4, -0.2) is 35.9 Å². The van der Waals surface area contributed by atoms with Crippen molar-refractivity contribution in [2.24, 2.45) is 17.1 Å². The minimum atomic E-state index is -2.62. The summed E-state index contributed by atoms with van der Waals surface area (Å²) in [5.74, 6) is -3.21. The summed E-state index contributed by atoms with van der Waals surface area (Å²) < 4.78 is 25.5. The van der Waals surface area contributed by atoms with E-state index in [9.17, 15) is 13.6 Å². The Labute approximate surface area is 100 Å². The summed E-state index contributed by atoms with van der Waals surface area (Å²) in [5, 5.41) is 0. The first-order chi connectivity index (χ1) is 7.71. The Morgan fingerprint density at radius 3 is 2.41 bits per heavy atom. The van der Waals surface area contributed by atoms with Gasteiger partial charge in [0.05, 0.1) is 0 Å². The Morgan fingerprint density at radius 2 is 1.94 bits per heavy atom. The van der Waals surface area contributed by atoms with Gasteiger partial charge in [-0.05, 0) is 11.8 Å². The van der Waals surface area contributed by atoms with Crippen LogP contribution in [0.1, 0.15) is 33.1 Å². The molecule has 1 heterocycles. The molecule has 0 aromatic rings. The summed E-state index contributed by atoms with van der Waals surface area (Å²) in [6, 6.07) is 0.0781. The van der Waals surface area contributed by atoms with Crippen molar-refractivity contribution in [1.82, 2.24) is 4.90 Å². The van der Waals surface area contributed by atoms with E-state index in [-0.39, 0.29) is 30.2 Å². The number of hydrogen-bond acceptors (Lipinski definition) is 2. The van der Waals surface area contributed by atoms with E-state index in [0.29, 0.717) is 13.1 Å². The summed E-state index contributed by atoms with van der Waals surface area (Å²) in [6.45, 7) is 5.22. The van der Waals surface area contributed by atoms with E-state index in [1.165, 1.54) is 0 Å². The van der Waals surface area contributed by atoms with Gasteiger partial charge in [-0.15, -0.1) is 0 Å². The molecule has 0 aromatic heterocycles. The maximum Gasteiger partial charge on any atom is 0.249 e. The average Bonchev–Trinajstić information content (AvgIpc) is 2.17. The molecule has 1 aliphatic heterocycles. The van der Waals surface area contributed by atoms with Gasteiger partial charge in [0.2, 0.25) is 11.8 Å². The summed E-state index contributed by atoms with van der Waals surface area (Å²) in [4.78, 5) is 13.7. The van der Waals surface area contributed by atoms with Crippen LogP contribution in [0.25, 0.3) is 0 Å². The van der Waals surface area contributed by atoms with Gasteiger partial charge in [0.25, 0.3) is 0 Å². The molecule has 1 saturated heterocycles. The van der Waals surface area contributed by atoms with E-state index in [1.807, 2.05) is 13.8 Å². The van der Waals surface area contributed by atoms with Gasteiger partial charge in [0, 0.05) is 37.9 Å². The van der Waals surface area contributed by atoms with Crippen molar-refractivity contribution >= 4 is 5.91 Å². The quantitative estimate of drug-likeness (QED) is 0.764. The Kier molecular flexibility index (Phi) is 2.92. The fourth-order valence-electron chi connectivity index (χ4n) is 2.66. The highest BCUT2D eigenvalue weighted by Crippen LogP contribution is 2.43. The molecule has 1 saturated carbocycles. The van der Waals surface area contributed by atoms with Crippen LogP contribution in [0.5, 0.6) is 0 Å². The third-order valence-corrected chi connectivity index (χ3v) is 4.06. The lowest BCUT2D eigenvalue weighted by Crippen LogP contribution is -2.56. The minimum Gasteiger partial charge on any atom is -0.342 e. The van der Waals surface area contributed by atoms with Crippen LogP contribution in [0.4, 0.5) is 8.78 Å². The van der Waals surface area contributed by atoms with Gasteiger partial charge >= 0.3 is 0 Å². The molecule has 1 aliphatic carbocycles. The Morgan fingerprint density at radius 1 is 1.35 bits per heavy atom. The zero-order chi connectivity index (χ0) is 12.8. The molecule has 1 atom stereocenters. The number of hydrogen-bond donors (Lipinski definition) is 1. The number of nitrogens with zero attached hydrogens (tertiary/aromatic N) is 1. The highest BCUT2D eigenvalue weighted by molar-refractivity contribution is 5.80. The number of carbonyl (C=O) groups is 1. The van der Waals surface area contributed by atoms with E-state index in [0.717, 1.165) is 6.42 Å². The van der Waals surface area contributed by atoms with E-state index in [2.05, 4.69) is 0 Å². The van der Waals surface area contributed by atoms with Crippen molar-refractivity contribution in [1.29, 1.82) is 0 Å². The molecule has 3 nitrogen and oxygen atoms in total. The number of likely N-dealkylation sites (tertiary alicyclic amines) is 1. The fraction of sp³-hybridized carbons (Fsp3) is 0.917. The maximum absolute atomic E-state index is 12.7. The van der Waals surface area contributed by atoms with Crippen molar-refractivity contribution in [3.05, 3.63) is 0 Å². The van der Waals surface area contributed by atoms with E-state index in [1.54, 1.807) is 4.90 Å². The summed E-state index contributed by atoms with van der Waals surface area (Å²) in [7, 11) is 0. The lowest BCUT2D eigenvalue weighted by molar-refractivity contribution is -0.162. The topological polar surface area (TPSA) is 46.3 Å². The molecule has 1 unspecified atom stereocenters. The predicted molar refractivity (Wildman–Crippen MR) is 60.6 cm³/mol. The maximum atomic E-state index is 12.7. The van der Waals surface area contributed by atoms with Crippen LogP contribution in [0.15, 0.2) is 0 Å². The van der Waals surface area contributed by atoms with E-state index >= 15 is 0 Å². The molecule has 1 amide bonds. The number of carbonyl (C=O) groups excluding carboxylic acids is 1. The molecule has 98 valence electrons. The Hall–Kier alpha value is -0.710. The molecular formula is C12H20F2N2O. The molecule has 0 radical (unpaired) electrons. The molecule has 0 bridgehead atoms. The molecule has 2 aliphatic rings. The first-order valence-electron chi connectivity index (χ1n) is 6.13. The lowest BCUT2D eigenvalue weighted by Gasteiger charge is -2.45. The zero-order valence-corrected chi connectivity index (χ0v) is 10.4. The van der Waals surface area contributed by atoms with Crippen LogP contribution in [0.3, 0.4) is 0 Å². The van der Waals surface area contributed by atoms with Crippen molar-refractivity contribution in [3.8, 4) is 0 Å². The van der Waals surface area contributed by atoms with Crippen molar-refractivity contribution < 1.29 is 13.6 Å².